The summed E-state index contributed by atoms with van der Waals surface area (Å²) in [6, 6.07) is 2.33. The van der Waals surface area contributed by atoms with Crippen LogP contribution in [-0.4, -0.2) is 68.9 Å². The number of primary amides is 1. The quantitative estimate of drug-likeness (QED) is 0.264. The van der Waals surface area contributed by atoms with Gasteiger partial charge < -0.3 is 39.7 Å². The van der Waals surface area contributed by atoms with E-state index in [9.17, 15) is 23.9 Å². The number of rotatable bonds is 7. The number of carbonyl (C=O) groups is 2. The number of nitrogens with two attached hydrogens (primary N) is 1. The molecule has 13 nitrogen and oxygen atoms in total. The molecule has 0 saturated carbocycles. The topological polar surface area (TPSA) is 167 Å². The van der Waals surface area contributed by atoms with Gasteiger partial charge in [-0.05, 0) is 13.0 Å². The Morgan fingerprint density at radius 1 is 1.30 bits per heavy atom. The van der Waals surface area contributed by atoms with E-state index in [4.69, 9.17) is 26.8 Å². The zero-order valence-corrected chi connectivity index (χ0v) is 23.9. The molecule has 1 aliphatic heterocycles. The van der Waals surface area contributed by atoms with Crippen LogP contribution in [0.2, 0.25) is 5.02 Å². The summed E-state index contributed by atoms with van der Waals surface area (Å²) in [5, 5.41) is 12.4. The number of phenols is 1. The average molecular weight is 618 g/mol. The summed E-state index contributed by atoms with van der Waals surface area (Å²) in [6.45, 7) is 2.72. The van der Waals surface area contributed by atoms with E-state index < -0.39 is 57.8 Å². The van der Waals surface area contributed by atoms with Gasteiger partial charge >= 0.3 is 0 Å². The van der Waals surface area contributed by atoms with Crippen molar-refractivity contribution in [1.82, 2.24) is 19.1 Å². The molecule has 1 aliphatic rings. The molecule has 2 amide bonds. The highest BCUT2D eigenvalue weighted by Gasteiger charge is 2.27. The van der Waals surface area contributed by atoms with Gasteiger partial charge in [-0.3, -0.25) is 14.4 Å². The number of hydrogen-bond donors (Lipinski definition) is 3. The molecule has 1 saturated heterocycles. The number of morpholine rings is 1. The van der Waals surface area contributed by atoms with Crippen LogP contribution in [0.4, 0.5) is 20.3 Å². The second kappa shape index (κ2) is 11.5. The number of aromatic nitrogens is 4. The van der Waals surface area contributed by atoms with Gasteiger partial charge in [0.05, 0.1) is 49.3 Å². The smallest absolute Gasteiger partial charge is 0.263 e. The van der Waals surface area contributed by atoms with Gasteiger partial charge in [-0.15, -0.1) is 0 Å². The molecular formula is C27H26ClF2N7O6. The number of nitrogens with zero attached hydrogens (tertiary/aromatic N) is 5. The number of hydrogen-bond acceptors (Lipinski definition) is 9. The van der Waals surface area contributed by atoms with Crippen LogP contribution in [0.3, 0.4) is 0 Å². The Morgan fingerprint density at radius 2 is 2.05 bits per heavy atom. The molecule has 3 aromatic heterocycles. The summed E-state index contributed by atoms with van der Waals surface area (Å²) < 4.78 is 43.1. The lowest BCUT2D eigenvalue weighted by Crippen LogP contribution is -2.44. The van der Waals surface area contributed by atoms with Crippen molar-refractivity contribution in [2.24, 2.45) is 12.8 Å². The van der Waals surface area contributed by atoms with Crippen LogP contribution in [0, 0.1) is 11.8 Å². The van der Waals surface area contributed by atoms with Gasteiger partial charge in [-0.1, -0.05) is 11.6 Å². The van der Waals surface area contributed by atoms with E-state index in [1.165, 1.54) is 30.2 Å². The van der Waals surface area contributed by atoms with Crippen LogP contribution in [0.1, 0.15) is 17.3 Å². The van der Waals surface area contributed by atoms with E-state index >= 15 is 4.39 Å². The number of amides is 2. The molecule has 1 fully saturated rings. The SMILES string of the molecule is COc1c(O)c(C(N)=O)cc(-c2cn(CC(=O)Nc3cc(N4CCOC[C@@H]4C)nc(F)c3Cl)c3ncn(C)c(=O)c23)c1F. The standard InChI is InChI=1S/C27H26ClF2N7O6/c1-12-10-43-5-4-37(12)17-7-16(20(28)24(30)34-17)33-18(38)9-36-8-15(19-26(36)32-11-35(2)27(19)41)13-6-14(25(31)40)22(39)23(42-3)21(13)29/h6-8,11-12,39H,4-5,9-10H2,1-3H3,(H2,31,40)(H,33,34,38)/t12-/m0/s1. The second-order valence-electron chi connectivity index (χ2n) is 9.86. The maximum absolute atomic E-state index is 15.6. The number of ether oxygens (including phenoxy) is 2. The minimum Gasteiger partial charge on any atom is -0.504 e. The van der Waals surface area contributed by atoms with Crippen LogP contribution < -0.4 is 26.2 Å². The van der Waals surface area contributed by atoms with E-state index in [2.05, 4.69) is 15.3 Å². The summed E-state index contributed by atoms with van der Waals surface area (Å²) in [6.07, 6.45) is 2.50. The lowest BCUT2D eigenvalue weighted by atomic mass is 10.0. The van der Waals surface area contributed by atoms with Crippen molar-refractivity contribution in [3.05, 3.63) is 57.4 Å². The number of nitrogens with one attached hydrogen (secondary N) is 1. The van der Waals surface area contributed by atoms with Crippen molar-refractivity contribution in [1.29, 1.82) is 0 Å². The van der Waals surface area contributed by atoms with Gasteiger partial charge in [0.1, 0.15) is 23.0 Å². The van der Waals surface area contributed by atoms with Gasteiger partial charge in [0.15, 0.2) is 17.3 Å². The zero-order chi connectivity index (χ0) is 31.2. The molecule has 0 spiro atoms. The third-order valence-corrected chi connectivity index (χ3v) is 7.41. The Labute approximate surface area is 247 Å². The Kier molecular flexibility index (Phi) is 7.94. The van der Waals surface area contributed by atoms with E-state index in [0.717, 1.165) is 17.7 Å². The molecule has 0 bridgehead atoms. The first kappa shape index (κ1) is 29.7. The van der Waals surface area contributed by atoms with E-state index in [1.807, 2.05) is 11.8 Å². The van der Waals surface area contributed by atoms with Crippen LogP contribution in [0.15, 0.2) is 29.5 Å². The fourth-order valence-corrected chi connectivity index (χ4v) is 5.06. The molecule has 1 atom stereocenters. The maximum Gasteiger partial charge on any atom is 0.263 e. The van der Waals surface area contributed by atoms with Gasteiger partial charge in [0.2, 0.25) is 11.9 Å². The molecule has 1 aromatic carbocycles. The van der Waals surface area contributed by atoms with Crippen molar-refractivity contribution in [2.45, 2.75) is 19.5 Å². The third-order valence-electron chi connectivity index (χ3n) is 7.05. The molecule has 0 aliphatic carbocycles. The Balaban J connectivity index is 1.56. The fraction of sp³-hybridized carbons (Fsp3) is 0.296. The number of carbonyl (C=O) groups excluding carboxylic acids is 2. The molecular weight excluding hydrogens is 592 g/mol. The number of halogens is 3. The lowest BCUT2D eigenvalue weighted by molar-refractivity contribution is -0.116. The highest BCUT2D eigenvalue weighted by molar-refractivity contribution is 6.33. The largest absolute Gasteiger partial charge is 0.504 e. The minimum absolute atomic E-state index is 0.00940. The van der Waals surface area contributed by atoms with E-state index in [0.29, 0.717) is 19.8 Å². The number of aromatic hydroxyl groups is 1. The molecule has 4 heterocycles. The van der Waals surface area contributed by atoms with Gasteiger partial charge in [-0.2, -0.15) is 4.39 Å². The highest BCUT2D eigenvalue weighted by Crippen LogP contribution is 2.41. The monoisotopic (exact) mass is 617 g/mol. The van der Waals surface area contributed by atoms with Crippen LogP contribution >= 0.6 is 11.6 Å². The molecule has 226 valence electrons. The fourth-order valence-electron chi connectivity index (χ4n) is 4.92. The number of pyridine rings is 1. The lowest BCUT2D eigenvalue weighted by Gasteiger charge is -2.34. The molecule has 16 heteroatoms. The summed E-state index contributed by atoms with van der Waals surface area (Å²) in [5.41, 5.74) is 3.95. The first-order valence-corrected chi connectivity index (χ1v) is 13.2. The normalized spacial score (nSPS) is 15.1. The molecule has 4 aromatic rings. The summed E-state index contributed by atoms with van der Waals surface area (Å²) >= 11 is 6.13. The summed E-state index contributed by atoms with van der Waals surface area (Å²) in [4.78, 5) is 48.4. The number of aryl methyl sites for hydroxylation is 1. The Morgan fingerprint density at radius 3 is 2.72 bits per heavy atom. The molecule has 5 rings (SSSR count). The maximum atomic E-state index is 15.6. The summed E-state index contributed by atoms with van der Waals surface area (Å²) in [5.74, 6) is -5.02. The number of benzene rings is 1. The zero-order valence-electron chi connectivity index (χ0n) is 23.2. The summed E-state index contributed by atoms with van der Waals surface area (Å²) in [7, 11) is 2.51. The third kappa shape index (κ3) is 5.32. The Bertz CT molecular complexity index is 1840. The minimum atomic E-state index is -1.08. The van der Waals surface area contributed by atoms with Crippen molar-refractivity contribution in [3.8, 4) is 22.6 Å². The average Bonchev–Trinajstić information content (AvgIpc) is 3.31. The van der Waals surface area contributed by atoms with Crippen molar-refractivity contribution in [2.75, 3.05) is 37.1 Å². The van der Waals surface area contributed by atoms with Crippen molar-refractivity contribution >= 4 is 46.0 Å². The van der Waals surface area contributed by atoms with Crippen LogP contribution in [0.25, 0.3) is 22.2 Å². The number of methoxy groups -OCH3 is 1. The first-order chi connectivity index (χ1) is 20.4. The van der Waals surface area contributed by atoms with E-state index in [1.54, 1.807) is 0 Å². The molecule has 0 unspecified atom stereocenters. The highest BCUT2D eigenvalue weighted by atomic mass is 35.5. The molecule has 0 radical (unpaired) electrons. The van der Waals surface area contributed by atoms with Crippen molar-refractivity contribution < 1.29 is 33.0 Å². The number of anilines is 2. The first-order valence-electron chi connectivity index (χ1n) is 12.9. The van der Waals surface area contributed by atoms with Gasteiger partial charge in [0.25, 0.3) is 11.5 Å². The van der Waals surface area contributed by atoms with Gasteiger partial charge in [-0.25, -0.2) is 14.4 Å². The molecule has 4 N–H and O–H groups in total. The number of fused-ring (bicyclic) bond motifs is 1. The second-order valence-corrected chi connectivity index (χ2v) is 10.2. The van der Waals surface area contributed by atoms with Gasteiger partial charge in [0, 0.05) is 37.0 Å². The Hall–Kier alpha value is -4.76. The van der Waals surface area contributed by atoms with Crippen molar-refractivity contribution in [3.63, 3.8) is 0 Å². The molecule has 43 heavy (non-hydrogen) atoms. The predicted molar refractivity (Wildman–Crippen MR) is 153 cm³/mol. The van der Waals surface area contributed by atoms with E-state index in [-0.39, 0.29) is 39.7 Å². The predicted octanol–water partition coefficient (Wildman–Crippen LogP) is 2.41. The van der Waals surface area contributed by atoms with Crippen LogP contribution in [-0.2, 0) is 23.1 Å². The van der Waals surface area contributed by atoms with Crippen LogP contribution in [0.5, 0.6) is 11.5 Å².